The molecule has 1 aromatic carbocycles. The molecule has 0 N–H and O–H groups in total. The Morgan fingerprint density at radius 1 is 1.06 bits per heavy atom. The predicted octanol–water partition coefficient (Wildman–Crippen LogP) is 3.01. The molecule has 1 amide bonds. The first-order valence-corrected chi connectivity index (χ1v) is 11.7. The van der Waals surface area contributed by atoms with Gasteiger partial charge < -0.3 is 19.1 Å². The molecule has 0 spiro atoms. The number of carbonyl (C=O) groups is 1. The maximum atomic E-state index is 13.2. The molecule has 1 aliphatic carbocycles. The molecule has 1 aromatic heterocycles. The van der Waals surface area contributed by atoms with Gasteiger partial charge in [-0.15, -0.1) is 0 Å². The molecule has 3 fully saturated rings. The molecule has 2 saturated heterocycles. The van der Waals surface area contributed by atoms with Crippen molar-refractivity contribution in [1.82, 2.24) is 15.0 Å². The van der Waals surface area contributed by atoms with Gasteiger partial charge in [0.25, 0.3) is 0 Å². The molecule has 1 saturated carbocycles. The van der Waals surface area contributed by atoms with Gasteiger partial charge in [0.15, 0.2) is 0 Å². The van der Waals surface area contributed by atoms with Crippen LogP contribution in [0.25, 0.3) is 11.3 Å². The zero-order chi connectivity index (χ0) is 21.0. The molecule has 0 unspecified atom stereocenters. The average Bonchev–Trinajstić information content (AvgIpc) is 3.36. The summed E-state index contributed by atoms with van der Waals surface area (Å²) < 4.78 is 11.4. The van der Waals surface area contributed by atoms with Crippen LogP contribution in [-0.2, 0) is 16.1 Å². The minimum atomic E-state index is 0.194. The second-order valence-electron chi connectivity index (χ2n) is 8.86. The van der Waals surface area contributed by atoms with Gasteiger partial charge in [-0.25, -0.2) is 0 Å². The number of hydrogen-bond donors (Lipinski definition) is 0. The molecular formula is C24H32N4O3. The molecule has 3 aliphatic rings. The monoisotopic (exact) mass is 424 g/mol. The van der Waals surface area contributed by atoms with Crippen molar-refractivity contribution >= 4 is 11.8 Å². The lowest BCUT2D eigenvalue weighted by Crippen LogP contribution is -2.43. The van der Waals surface area contributed by atoms with Crippen LogP contribution in [0, 0.1) is 5.92 Å². The van der Waals surface area contributed by atoms with Crippen LogP contribution < -0.4 is 4.90 Å². The van der Waals surface area contributed by atoms with E-state index < -0.39 is 0 Å². The number of morpholine rings is 1. The van der Waals surface area contributed by atoms with E-state index in [9.17, 15) is 4.79 Å². The van der Waals surface area contributed by atoms with Gasteiger partial charge in [-0.3, -0.25) is 9.69 Å². The fraction of sp³-hybridized carbons (Fsp3) is 0.583. The Kier molecular flexibility index (Phi) is 6.22. The Labute approximate surface area is 183 Å². The van der Waals surface area contributed by atoms with E-state index in [4.69, 9.17) is 9.26 Å². The van der Waals surface area contributed by atoms with E-state index in [-0.39, 0.29) is 11.8 Å². The van der Waals surface area contributed by atoms with E-state index in [2.05, 4.69) is 27.1 Å². The van der Waals surface area contributed by atoms with Crippen molar-refractivity contribution in [3.63, 3.8) is 0 Å². The van der Waals surface area contributed by atoms with Gasteiger partial charge >= 0.3 is 0 Å². The standard InChI is InChI=1S/C24H32N4O3/c29-23(20-8-9-20)28(13-12-26-14-16-30-17-15-26)18-21-22(19-6-2-1-3-7-19)25-31-24(21)27-10-4-5-11-27/h1-3,6-7,20H,4-5,8-18H2. The highest BCUT2D eigenvalue weighted by atomic mass is 16.5. The van der Waals surface area contributed by atoms with Crippen LogP contribution in [0.2, 0.25) is 0 Å². The van der Waals surface area contributed by atoms with E-state index in [1.54, 1.807) is 0 Å². The highest BCUT2D eigenvalue weighted by Gasteiger charge is 2.35. The van der Waals surface area contributed by atoms with Gasteiger partial charge in [-0.2, -0.15) is 0 Å². The minimum absolute atomic E-state index is 0.194. The van der Waals surface area contributed by atoms with E-state index in [1.165, 1.54) is 12.8 Å². The summed E-state index contributed by atoms with van der Waals surface area (Å²) in [6, 6.07) is 10.2. The average molecular weight is 425 g/mol. The molecular weight excluding hydrogens is 392 g/mol. The zero-order valence-electron chi connectivity index (χ0n) is 18.2. The molecule has 166 valence electrons. The summed E-state index contributed by atoms with van der Waals surface area (Å²) >= 11 is 0. The molecule has 0 bridgehead atoms. The van der Waals surface area contributed by atoms with Crippen LogP contribution in [0.1, 0.15) is 31.2 Å². The molecule has 7 heteroatoms. The second kappa shape index (κ2) is 9.40. The van der Waals surface area contributed by atoms with Gasteiger partial charge in [0.05, 0.1) is 25.3 Å². The van der Waals surface area contributed by atoms with Gasteiger partial charge in [-0.05, 0) is 25.7 Å². The second-order valence-corrected chi connectivity index (χ2v) is 8.86. The summed E-state index contributed by atoms with van der Waals surface area (Å²) in [4.78, 5) is 19.9. The number of anilines is 1. The first kappa shape index (κ1) is 20.5. The van der Waals surface area contributed by atoms with E-state index in [1.807, 2.05) is 23.1 Å². The topological polar surface area (TPSA) is 62.1 Å². The van der Waals surface area contributed by atoms with Gasteiger partial charge in [0, 0.05) is 50.7 Å². The van der Waals surface area contributed by atoms with Gasteiger partial charge in [0.1, 0.15) is 5.69 Å². The van der Waals surface area contributed by atoms with Gasteiger partial charge in [0.2, 0.25) is 11.8 Å². The van der Waals surface area contributed by atoms with E-state index in [0.717, 1.165) is 88.0 Å². The molecule has 2 aromatic rings. The Balaban J connectivity index is 1.41. The van der Waals surface area contributed by atoms with Gasteiger partial charge in [-0.1, -0.05) is 35.5 Å². The normalized spacial score (nSPS) is 19.7. The van der Waals surface area contributed by atoms with Crippen LogP contribution in [0.5, 0.6) is 0 Å². The van der Waals surface area contributed by atoms with Crippen molar-refractivity contribution in [3.8, 4) is 11.3 Å². The largest absolute Gasteiger partial charge is 0.379 e. The van der Waals surface area contributed by atoms with Crippen molar-refractivity contribution in [1.29, 1.82) is 0 Å². The highest BCUT2D eigenvalue weighted by Crippen LogP contribution is 2.36. The van der Waals surface area contributed by atoms with Crippen LogP contribution >= 0.6 is 0 Å². The molecule has 3 heterocycles. The number of hydrogen-bond acceptors (Lipinski definition) is 6. The van der Waals surface area contributed by atoms with E-state index >= 15 is 0 Å². The summed E-state index contributed by atoms with van der Waals surface area (Å²) in [5, 5.41) is 4.47. The third-order valence-corrected chi connectivity index (χ3v) is 6.58. The summed E-state index contributed by atoms with van der Waals surface area (Å²) in [5.74, 6) is 1.32. The van der Waals surface area contributed by atoms with Crippen molar-refractivity contribution < 1.29 is 14.1 Å². The number of carbonyl (C=O) groups excluding carboxylic acids is 1. The summed E-state index contributed by atoms with van der Waals surface area (Å²) in [6.45, 7) is 7.57. The van der Waals surface area contributed by atoms with E-state index in [0.29, 0.717) is 6.54 Å². The number of aromatic nitrogens is 1. The Morgan fingerprint density at radius 2 is 1.81 bits per heavy atom. The fourth-order valence-electron chi connectivity index (χ4n) is 4.57. The van der Waals surface area contributed by atoms with Crippen LogP contribution in [0.15, 0.2) is 34.9 Å². The van der Waals surface area contributed by atoms with Crippen LogP contribution in [-0.4, -0.2) is 73.3 Å². The first-order valence-electron chi connectivity index (χ1n) is 11.7. The highest BCUT2D eigenvalue weighted by molar-refractivity contribution is 5.81. The molecule has 5 rings (SSSR count). The third kappa shape index (κ3) is 4.77. The van der Waals surface area contributed by atoms with Crippen molar-refractivity contribution in [2.75, 3.05) is 57.4 Å². The van der Waals surface area contributed by atoms with Crippen LogP contribution in [0.4, 0.5) is 5.88 Å². The molecule has 31 heavy (non-hydrogen) atoms. The molecule has 7 nitrogen and oxygen atoms in total. The minimum Gasteiger partial charge on any atom is -0.379 e. The maximum Gasteiger partial charge on any atom is 0.232 e. The lowest BCUT2D eigenvalue weighted by molar-refractivity contribution is -0.133. The molecule has 2 aliphatic heterocycles. The Morgan fingerprint density at radius 3 is 2.52 bits per heavy atom. The summed E-state index contributed by atoms with van der Waals surface area (Å²) in [5.41, 5.74) is 2.95. The number of rotatable bonds is 8. The molecule has 0 radical (unpaired) electrons. The quantitative estimate of drug-likeness (QED) is 0.649. The smallest absolute Gasteiger partial charge is 0.232 e. The first-order chi connectivity index (χ1) is 15.3. The SMILES string of the molecule is O=C(C1CC1)N(CCN1CCOCC1)Cc1c(-c2ccccc2)noc1N1CCCC1. The van der Waals surface area contributed by atoms with Crippen molar-refractivity contribution in [3.05, 3.63) is 35.9 Å². The fourth-order valence-corrected chi connectivity index (χ4v) is 4.57. The zero-order valence-corrected chi connectivity index (χ0v) is 18.2. The molecule has 0 atom stereocenters. The number of ether oxygens (including phenoxy) is 1. The lowest BCUT2D eigenvalue weighted by atomic mass is 10.1. The van der Waals surface area contributed by atoms with Crippen LogP contribution in [0.3, 0.4) is 0 Å². The maximum absolute atomic E-state index is 13.2. The number of amides is 1. The third-order valence-electron chi connectivity index (χ3n) is 6.58. The summed E-state index contributed by atoms with van der Waals surface area (Å²) in [7, 11) is 0. The summed E-state index contributed by atoms with van der Waals surface area (Å²) in [6.07, 6.45) is 4.37. The predicted molar refractivity (Wildman–Crippen MR) is 119 cm³/mol. The van der Waals surface area contributed by atoms with Crippen molar-refractivity contribution in [2.24, 2.45) is 5.92 Å². The Bertz CT molecular complexity index is 868. The van der Waals surface area contributed by atoms with Crippen molar-refractivity contribution in [2.45, 2.75) is 32.2 Å². The number of benzene rings is 1. The lowest BCUT2D eigenvalue weighted by Gasteiger charge is -2.30. The Hall–Kier alpha value is -2.38. The number of nitrogens with zero attached hydrogens (tertiary/aromatic N) is 4.